The lowest BCUT2D eigenvalue weighted by Crippen LogP contribution is -2.31. The number of hydrogen-bond acceptors (Lipinski definition) is 2. The van der Waals surface area contributed by atoms with Crippen molar-refractivity contribution < 1.29 is 8.42 Å². The zero-order valence-corrected chi connectivity index (χ0v) is 20.3. The van der Waals surface area contributed by atoms with Gasteiger partial charge in [0.1, 0.15) is 0 Å². The minimum atomic E-state index is -3.83. The molecule has 2 aromatic rings. The number of nitrogens with zero attached hydrogens (tertiary/aromatic N) is 1. The maximum Gasteiger partial charge on any atom is 0.257 e. The second-order valence-electron chi connectivity index (χ2n) is 6.37. The van der Waals surface area contributed by atoms with E-state index in [2.05, 4.69) is 22.5 Å². The molecular formula is C23H22BrCl2NO2S. The predicted octanol–water partition coefficient (Wildman–Crippen LogP) is 7.17. The van der Waals surface area contributed by atoms with Crippen LogP contribution in [0.25, 0.3) is 6.08 Å². The van der Waals surface area contributed by atoms with E-state index in [0.717, 1.165) is 11.1 Å². The molecular weight excluding hydrogens is 505 g/mol. The van der Waals surface area contributed by atoms with Crippen molar-refractivity contribution in [3.8, 4) is 0 Å². The second kappa shape index (κ2) is 11.6. The Morgan fingerprint density at radius 3 is 2.57 bits per heavy atom. The molecule has 0 unspecified atom stereocenters. The van der Waals surface area contributed by atoms with Gasteiger partial charge in [0.15, 0.2) is 0 Å². The molecule has 0 N–H and O–H groups in total. The molecule has 7 heteroatoms. The lowest BCUT2D eigenvalue weighted by Gasteiger charge is -2.25. The number of halogens is 3. The molecule has 0 aliphatic rings. The smallest absolute Gasteiger partial charge is 0.257 e. The maximum atomic E-state index is 13.3. The van der Waals surface area contributed by atoms with Gasteiger partial charge in [-0.25, -0.2) is 8.42 Å². The molecule has 158 valence electrons. The quantitative estimate of drug-likeness (QED) is 0.256. The molecule has 0 aromatic heterocycles. The van der Waals surface area contributed by atoms with Gasteiger partial charge in [-0.1, -0.05) is 88.2 Å². The molecule has 0 radical (unpaired) electrons. The van der Waals surface area contributed by atoms with Crippen LogP contribution in [0.1, 0.15) is 11.1 Å². The third kappa shape index (κ3) is 7.17. The lowest BCUT2D eigenvalue weighted by atomic mass is 10.2. The molecule has 0 aliphatic heterocycles. The first-order chi connectivity index (χ1) is 14.3. The van der Waals surface area contributed by atoms with Gasteiger partial charge in [-0.3, -0.25) is 4.31 Å². The average Bonchev–Trinajstić information content (AvgIpc) is 2.71. The minimum Gasteiger partial charge on any atom is -0.262 e. The molecule has 2 rings (SSSR count). The second-order valence-corrected chi connectivity index (χ2v) is 9.63. The monoisotopic (exact) mass is 525 g/mol. The molecule has 3 nitrogen and oxygen atoms in total. The summed E-state index contributed by atoms with van der Waals surface area (Å²) in [5.41, 5.74) is 2.73. The van der Waals surface area contributed by atoms with Crippen LogP contribution >= 0.6 is 39.1 Å². The van der Waals surface area contributed by atoms with E-state index in [1.54, 1.807) is 48.5 Å². The van der Waals surface area contributed by atoms with Crippen LogP contribution in [0.15, 0.2) is 84.3 Å². The number of sulfonamides is 1. The Bertz CT molecular complexity index is 1090. The van der Waals surface area contributed by atoms with Crippen LogP contribution in [0.4, 0.5) is 5.69 Å². The minimum absolute atomic E-state index is 0.111. The summed E-state index contributed by atoms with van der Waals surface area (Å²) in [5, 5.41) is 2.87. The van der Waals surface area contributed by atoms with E-state index in [9.17, 15) is 8.42 Å². The maximum absolute atomic E-state index is 13.3. The number of rotatable bonds is 9. The van der Waals surface area contributed by atoms with Crippen LogP contribution in [0, 0.1) is 6.92 Å². The normalized spacial score (nSPS) is 12.6. The molecule has 0 atom stereocenters. The number of alkyl halides is 1. The summed E-state index contributed by atoms with van der Waals surface area (Å²) in [6.07, 6.45) is 8.75. The third-order valence-electron chi connectivity index (χ3n) is 4.15. The van der Waals surface area contributed by atoms with Gasteiger partial charge in [0.2, 0.25) is 0 Å². The van der Waals surface area contributed by atoms with Gasteiger partial charge in [0.05, 0.1) is 17.6 Å². The summed E-state index contributed by atoms with van der Waals surface area (Å²) >= 11 is 15.5. The molecule has 0 fully saturated rings. The van der Waals surface area contributed by atoms with Gasteiger partial charge < -0.3 is 0 Å². The molecule has 0 aliphatic carbocycles. The van der Waals surface area contributed by atoms with Gasteiger partial charge >= 0.3 is 0 Å². The van der Waals surface area contributed by atoms with Crippen LogP contribution in [0.5, 0.6) is 0 Å². The number of benzene rings is 2. The van der Waals surface area contributed by atoms with Crippen molar-refractivity contribution in [3.63, 3.8) is 0 Å². The Kier molecular flexibility index (Phi) is 9.43. The molecule has 30 heavy (non-hydrogen) atoms. The fourth-order valence-corrected chi connectivity index (χ4v) is 4.46. The molecule has 0 saturated carbocycles. The van der Waals surface area contributed by atoms with Crippen molar-refractivity contribution in [1.82, 2.24) is 0 Å². The van der Waals surface area contributed by atoms with Gasteiger partial charge in [-0.05, 0) is 54.0 Å². The molecule has 0 heterocycles. The summed E-state index contributed by atoms with van der Waals surface area (Å²) in [4.78, 5) is 0. The topological polar surface area (TPSA) is 37.4 Å². The van der Waals surface area contributed by atoms with Crippen molar-refractivity contribution in [2.45, 2.75) is 6.92 Å². The molecule has 2 aromatic carbocycles. The van der Waals surface area contributed by atoms with Crippen molar-refractivity contribution >= 4 is 60.9 Å². The van der Waals surface area contributed by atoms with Crippen LogP contribution in [-0.2, 0) is 10.0 Å². The van der Waals surface area contributed by atoms with Gasteiger partial charge in [-0.2, -0.15) is 0 Å². The predicted molar refractivity (Wildman–Crippen MR) is 134 cm³/mol. The van der Waals surface area contributed by atoms with E-state index >= 15 is 0 Å². The van der Waals surface area contributed by atoms with Crippen molar-refractivity contribution in [2.75, 3.05) is 16.2 Å². The zero-order chi connectivity index (χ0) is 22.1. The third-order valence-corrected chi connectivity index (χ3v) is 6.42. The highest BCUT2D eigenvalue weighted by molar-refractivity contribution is 9.09. The van der Waals surface area contributed by atoms with E-state index in [0.29, 0.717) is 26.6 Å². The van der Waals surface area contributed by atoms with Gasteiger partial charge in [0, 0.05) is 15.4 Å². The first-order valence-corrected chi connectivity index (χ1v) is 12.4. The van der Waals surface area contributed by atoms with Crippen molar-refractivity contribution in [3.05, 3.63) is 106 Å². The highest BCUT2D eigenvalue weighted by atomic mass is 79.9. The summed E-state index contributed by atoms with van der Waals surface area (Å²) in [6.45, 7) is 5.77. The first-order valence-electron chi connectivity index (χ1n) is 9.03. The summed E-state index contributed by atoms with van der Waals surface area (Å²) in [5.74, 6) is 0. The first kappa shape index (κ1) is 24.5. The molecule has 0 saturated heterocycles. The fraction of sp³-hybridized carbons (Fsp3) is 0.130. The summed E-state index contributed by atoms with van der Waals surface area (Å²) in [6, 6.07) is 12.2. The van der Waals surface area contributed by atoms with Crippen LogP contribution in [0.2, 0.25) is 10.0 Å². The van der Waals surface area contributed by atoms with Crippen molar-refractivity contribution in [2.24, 2.45) is 0 Å². The SMILES string of the molecule is C=CC(=CC=CCBr)CN(c1cc(Cl)ccc1C)S(=O)(=O)C=Cc1cccc(Cl)c1. The number of allylic oxidation sites excluding steroid dienone is 3. The number of hydrogen-bond donors (Lipinski definition) is 0. The molecule has 0 bridgehead atoms. The van der Waals surface area contributed by atoms with Gasteiger partial charge in [0.25, 0.3) is 10.0 Å². The Labute approximate surface area is 197 Å². The van der Waals surface area contributed by atoms with E-state index in [4.69, 9.17) is 23.2 Å². The molecule has 0 spiro atoms. The number of aryl methyl sites for hydroxylation is 1. The zero-order valence-electron chi connectivity index (χ0n) is 16.4. The van der Waals surface area contributed by atoms with Crippen molar-refractivity contribution in [1.29, 1.82) is 0 Å². The van der Waals surface area contributed by atoms with Crippen LogP contribution in [-0.4, -0.2) is 20.3 Å². The average molecular weight is 527 g/mol. The van der Waals surface area contributed by atoms with Crippen LogP contribution < -0.4 is 4.31 Å². The number of anilines is 1. The van der Waals surface area contributed by atoms with Crippen LogP contribution in [0.3, 0.4) is 0 Å². The van der Waals surface area contributed by atoms with E-state index in [1.807, 2.05) is 25.2 Å². The summed E-state index contributed by atoms with van der Waals surface area (Å²) < 4.78 is 27.9. The molecule has 0 amide bonds. The van der Waals surface area contributed by atoms with E-state index in [-0.39, 0.29) is 6.54 Å². The van der Waals surface area contributed by atoms with E-state index < -0.39 is 10.0 Å². The Balaban J connectivity index is 2.51. The standard InChI is InChI=1S/C23H22BrCl2NO2S/c1-3-19(7-4-5-13-24)17-27(23-16-22(26)11-10-18(23)2)30(28,29)14-12-20-8-6-9-21(25)15-20/h3-12,14-16H,1,13,17H2,2H3. The van der Waals surface area contributed by atoms with Gasteiger partial charge in [-0.15, -0.1) is 0 Å². The largest absolute Gasteiger partial charge is 0.262 e. The lowest BCUT2D eigenvalue weighted by molar-refractivity contribution is 0.601. The highest BCUT2D eigenvalue weighted by Crippen LogP contribution is 2.28. The Hall–Kier alpha value is -1.79. The Morgan fingerprint density at radius 2 is 1.90 bits per heavy atom. The fourth-order valence-electron chi connectivity index (χ4n) is 2.61. The summed E-state index contributed by atoms with van der Waals surface area (Å²) in [7, 11) is -3.83. The highest BCUT2D eigenvalue weighted by Gasteiger charge is 2.22. The Morgan fingerprint density at radius 1 is 1.17 bits per heavy atom. The van der Waals surface area contributed by atoms with E-state index in [1.165, 1.54) is 15.8 Å².